The molecule has 0 unspecified atom stereocenters. The van der Waals surface area contributed by atoms with Crippen LogP contribution in [0.5, 0.6) is 11.5 Å². The molecular weight excluding hydrogens is 300 g/mol. The van der Waals surface area contributed by atoms with Crippen molar-refractivity contribution in [2.45, 2.75) is 0 Å². The van der Waals surface area contributed by atoms with E-state index in [0.717, 1.165) is 7.11 Å². The van der Waals surface area contributed by atoms with Gasteiger partial charge in [0.1, 0.15) is 17.9 Å². The average Bonchev–Trinajstić information content (AvgIpc) is 2.54. The van der Waals surface area contributed by atoms with Gasteiger partial charge in [0.25, 0.3) is 0 Å². The molecule has 0 saturated heterocycles. The highest BCUT2D eigenvalue weighted by Crippen LogP contribution is 2.29. The van der Waals surface area contributed by atoms with Crippen LogP contribution >= 0.6 is 0 Å². The van der Waals surface area contributed by atoms with Gasteiger partial charge in [-0.05, 0) is 12.1 Å². The second kappa shape index (κ2) is 6.85. The third-order valence-corrected chi connectivity index (χ3v) is 2.69. The van der Waals surface area contributed by atoms with Gasteiger partial charge in [-0.3, -0.25) is 0 Å². The van der Waals surface area contributed by atoms with Crippen LogP contribution in [0.1, 0.15) is 5.56 Å². The number of hydrogen-bond donors (Lipinski definition) is 0. The topological polar surface area (TPSA) is 18.5 Å². The van der Waals surface area contributed by atoms with Crippen LogP contribution in [0.2, 0.25) is 0 Å². The molecule has 0 saturated carbocycles. The van der Waals surface area contributed by atoms with Gasteiger partial charge in [-0.1, -0.05) is 30.0 Å². The molecule has 114 valence electrons. The van der Waals surface area contributed by atoms with E-state index in [-0.39, 0.29) is 6.61 Å². The highest BCUT2D eigenvalue weighted by Gasteiger charge is 2.25. The minimum atomic E-state index is -1.63. The molecular formula is C16H10F4O2. The van der Waals surface area contributed by atoms with Crippen LogP contribution in [-0.4, -0.2) is 13.7 Å². The summed E-state index contributed by atoms with van der Waals surface area (Å²) < 4.78 is 63.7. The summed E-state index contributed by atoms with van der Waals surface area (Å²) in [6.07, 6.45) is 0. The van der Waals surface area contributed by atoms with Crippen molar-refractivity contribution in [1.82, 2.24) is 0 Å². The van der Waals surface area contributed by atoms with Crippen LogP contribution < -0.4 is 9.47 Å². The number of halogens is 4. The fourth-order valence-electron chi connectivity index (χ4n) is 1.66. The third kappa shape index (κ3) is 3.14. The predicted molar refractivity (Wildman–Crippen MR) is 71.6 cm³/mol. The molecule has 0 radical (unpaired) electrons. The van der Waals surface area contributed by atoms with Crippen molar-refractivity contribution < 1.29 is 27.0 Å². The normalized spacial score (nSPS) is 9.86. The Morgan fingerprint density at radius 2 is 1.50 bits per heavy atom. The van der Waals surface area contributed by atoms with Crippen LogP contribution in [0.25, 0.3) is 0 Å². The first-order valence-corrected chi connectivity index (χ1v) is 6.13. The Balaban J connectivity index is 2.22. The van der Waals surface area contributed by atoms with E-state index < -0.39 is 34.6 Å². The number of ether oxygens (including phenoxy) is 2. The van der Waals surface area contributed by atoms with Crippen molar-refractivity contribution in [3.63, 3.8) is 0 Å². The minimum absolute atomic E-state index is 0.196. The van der Waals surface area contributed by atoms with Gasteiger partial charge in [0.05, 0.1) is 7.11 Å². The van der Waals surface area contributed by atoms with Crippen molar-refractivity contribution in [3.05, 3.63) is 59.2 Å². The zero-order chi connectivity index (χ0) is 16.1. The maximum absolute atomic E-state index is 13.6. The lowest BCUT2D eigenvalue weighted by Gasteiger charge is -2.07. The fourth-order valence-corrected chi connectivity index (χ4v) is 1.66. The maximum atomic E-state index is 13.6. The molecule has 22 heavy (non-hydrogen) atoms. The van der Waals surface area contributed by atoms with Gasteiger partial charge in [0.15, 0.2) is 17.4 Å². The molecule has 2 aromatic rings. The monoisotopic (exact) mass is 310 g/mol. The lowest BCUT2D eigenvalue weighted by molar-refractivity contribution is 0.331. The predicted octanol–water partition coefficient (Wildman–Crippen LogP) is 3.68. The van der Waals surface area contributed by atoms with Crippen molar-refractivity contribution in [2.24, 2.45) is 0 Å². The largest absolute Gasteiger partial charge is 0.491 e. The van der Waals surface area contributed by atoms with Crippen molar-refractivity contribution in [2.75, 3.05) is 13.7 Å². The van der Waals surface area contributed by atoms with Crippen LogP contribution in [-0.2, 0) is 0 Å². The van der Waals surface area contributed by atoms with Crippen molar-refractivity contribution in [3.8, 4) is 23.3 Å². The zero-order valence-corrected chi connectivity index (χ0v) is 11.4. The van der Waals surface area contributed by atoms with Gasteiger partial charge in [0, 0.05) is 0 Å². The summed E-state index contributed by atoms with van der Waals surface area (Å²) in [5.41, 5.74) is -1.01. The standard InChI is InChI=1S/C16H10F4O2/c1-21-16-14(19)12(17)11(13(18)15(16)20)8-5-9-22-10-6-3-2-4-7-10/h2-4,6-7H,9H2,1H3. The molecule has 2 nitrogen and oxygen atoms in total. The maximum Gasteiger partial charge on any atom is 0.205 e. The summed E-state index contributed by atoms with van der Waals surface area (Å²) in [5.74, 6) is -2.77. The molecule has 0 aromatic heterocycles. The van der Waals surface area contributed by atoms with Crippen LogP contribution in [0, 0.1) is 35.1 Å². The molecule has 0 atom stereocenters. The van der Waals surface area contributed by atoms with Crippen LogP contribution in [0.3, 0.4) is 0 Å². The summed E-state index contributed by atoms with van der Waals surface area (Å²) in [4.78, 5) is 0. The first-order chi connectivity index (χ1) is 10.6. The lowest BCUT2D eigenvalue weighted by Crippen LogP contribution is -2.04. The van der Waals surface area contributed by atoms with E-state index in [4.69, 9.17) is 4.74 Å². The molecule has 0 aliphatic rings. The first kappa shape index (κ1) is 15.7. The summed E-state index contributed by atoms with van der Waals surface area (Å²) in [7, 11) is 0.902. The number of hydrogen-bond acceptors (Lipinski definition) is 2. The van der Waals surface area contributed by atoms with Gasteiger partial charge in [-0.2, -0.15) is 8.78 Å². The summed E-state index contributed by atoms with van der Waals surface area (Å²) in [6, 6.07) is 8.57. The Labute approximate surface area is 124 Å². The van der Waals surface area contributed by atoms with E-state index in [1.165, 1.54) is 0 Å². The van der Waals surface area contributed by atoms with E-state index in [1.54, 1.807) is 30.3 Å². The van der Waals surface area contributed by atoms with Crippen LogP contribution in [0.15, 0.2) is 30.3 Å². The van der Waals surface area contributed by atoms with Gasteiger partial charge in [-0.15, -0.1) is 0 Å². The van der Waals surface area contributed by atoms with Crippen LogP contribution in [0.4, 0.5) is 17.6 Å². The second-order valence-electron chi connectivity index (χ2n) is 4.07. The molecule has 0 N–H and O–H groups in total. The summed E-state index contributed by atoms with van der Waals surface area (Å²) >= 11 is 0. The molecule has 0 bridgehead atoms. The third-order valence-electron chi connectivity index (χ3n) is 2.69. The van der Waals surface area contributed by atoms with Gasteiger partial charge in [0.2, 0.25) is 11.6 Å². The van der Waals surface area contributed by atoms with E-state index >= 15 is 0 Å². The van der Waals surface area contributed by atoms with Gasteiger partial charge in [-0.25, -0.2) is 8.78 Å². The Morgan fingerprint density at radius 1 is 0.909 bits per heavy atom. The Kier molecular flexibility index (Phi) is 4.89. The summed E-state index contributed by atoms with van der Waals surface area (Å²) in [5, 5.41) is 0. The minimum Gasteiger partial charge on any atom is -0.491 e. The summed E-state index contributed by atoms with van der Waals surface area (Å²) in [6.45, 7) is -0.196. The number of benzene rings is 2. The smallest absolute Gasteiger partial charge is 0.205 e. The Morgan fingerprint density at radius 3 is 2.05 bits per heavy atom. The second-order valence-corrected chi connectivity index (χ2v) is 4.07. The molecule has 2 rings (SSSR count). The highest BCUT2D eigenvalue weighted by molar-refractivity contribution is 5.43. The quantitative estimate of drug-likeness (QED) is 0.489. The molecule has 0 aliphatic carbocycles. The zero-order valence-electron chi connectivity index (χ0n) is 11.4. The van der Waals surface area contributed by atoms with Crippen molar-refractivity contribution in [1.29, 1.82) is 0 Å². The number of para-hydroxylation sites is 1. The Hall–Kier alpha value is -2.68. The fraction of sp³-hybridized carbons (Fsp3) is 0.125. The first-order valence-electron chi connectivity index (χ1n) is 6.13. The molecule has 0 spiro atoms. The van der Waals surface area contributed by atoms with Gasteiger partial charge >= 0.3 is 0 Å². The lowest BCUT2D eigenvalue weighted by atomic mass is 10.1. The highest BCUT2D eigenvalue weighted by atomic mass is 19.2. The number of methoxy groups -OCH3 is 1. The van der Waals surface area contributed by atoms with Gasteiger partial charge < -0.3 is 9.47 Å². The molecule has 6 heteroatoms. The number of rotatable bonds is 3. The SMILES string of the molecule is COc1c(F)c(F)c(C#CCOc2ccccc2)c(F)c1F. The average molecular weight is 310 g/mol. The molecule has 0 heterocycles. The molecule has 0 fully saturated rings. The van der Waals surface area contributed by atoms with E-state index in [0.29, 0.717) is 5.75 Å². The van der Waals surface area contributed by atoms with Crippen molar-refractivity contribution >= 4 is 0 Å². The van der Waals surface area contributed by atoms with E-state index in [2.05, 4.69) is 10.7 Å². The molecule has 0 aliphatic heterocycles. The van der Waals surface area contributed by atoms with E-state index in [1.807, 2.05) is 5.92 Å². The van der Waals surface area contributed by atoms with E-state index in [9.17, 15) is 17.6 Å². The Bertz CT molecular complexity index is 704. The molecule has 2 aromatic carbocycles. The molecule has 0 amide bonds.